The van der Waals surface area contributed by atoms with Crippen molar-refractivity contribution in [2.75, 3.05) is 5.32 Å². The smallest absolute Gasteiger partial charge is 0.335 e. The minimum absolute atomic E-state index is 0.203. The number of amides is 1. The minimum Gasteiger partial charge on any atom is -0.451 e. The molecule has 0 atom stereocenters. The van der Waals surface area contributed by atoms with Crippen LogP contribution < -0.4 is 5.32 Å². The molecule has 128 valence electrons. The van der Waals surface area contributed by atoms with Gasteiger partial charge in [-0.15, -0.1) is 0 Å². The first-order valence-corrected chi connectivity index (χ1v) is 8.76. The van der Waals surface area contributed by atoms with Gasteiger partial charge in [0.2, 0.25) is 0 Å². The molecule has 1 N–H and O–H groups in total. The van der Waals surface area contributed by atoms with Crippen LogP contribution in [-0.4, -0.2) is 17.5 Å². The number of carbonyl (C=O) groups excluding carboxylic acids is 2. The maximum Gasteiger partial charge on any atom is 0.335 e. The number of carbonyl (C=O) groups is 2. The van der Waals surface area contributed by atoms with Gasteiger partial charge in [0.15, 0.2) is 0 Å². The molecular formula is C20H25NO3. The molecule has 1 heterocycles. The van der Waals surface area contributed by atoms with E-state index in [1.807, 2.05) is 26.0 Å². The van der Waals surface area contributed by atoms with Crippen molar-refractivity contribution in [3.8, 4) is 0 Å². The highest BCUT2D eigenvalue weighted by Gasteiger charge is 2.49. The Morgan fingerprint density at radius 2 is 1.58 bits per heavy atom. The van der Waals surface area contributed by atoms with Crippen molar-refractivity contribution in [1.29, 1.82) is 0 Å². The fourth-order valence-electron chi connectivity index (χ4n) is 4.02. The third-order valence-electron chi connectivity index (χ3n) is 5.04. The number of nitrogens with one attached hydrogen (secondary N) is 1. The molecule has 4 heteroatoms. The number of benzene rings is 1. The molecule has 1 fully saturated rings. The van der Waals surface area contributed by atoms with E-state index < -0.39 is 5.60 Å². The van der Waals surface area contributed by atoms with Gasteiger partial charge in [0.1, 0.15) is 5.60 Å². The number of anilines is 1. The highest BCUT2D eigenvalue weighted by atomic mass is 16.6. The molecule has 24 heavy (non-hydrogen) atoms. The van der Waals surface area contributed by atoms with Crippen LogP contribution in [0.2, 0.25) is 0 Å². The van der Waals surface area contributed by atoms with Crippen LogP contribution in [0, 0.1) is 13.8 Å². The van der Waals surface area contributed by atoms with Crippen LogP contribution >= 0.6 is 0 Å². The van der Waals surface area contributed by atoms with E-state index in [-0.39, 0.29) is 11.9 Å². The molecule has 1 spiro atoms. The third kappa shape index (κ3) is 3.10. The van der Waals surface area contributed by atoms with Crippen LogP contribution in [0.4, 0.5) is 5.69 Å². The van der Waals surface area contributed by atoms with Crippen LogP contribution in [-0.2, 0) is 14.3 Å². The van der Waals surface area contributed by atoms with Crippen molar-refractivity contribution in [3.63, 3.8) is 0 Å². The molecule has 0 bridgehead atoms. The number of rotatable bonds is 2. The average Bonchev–Trinajstić information content (AvgIpc) is 2.64. The summed E-state index contributed by atoms with van der Waals surface area (Å²) in [6.07, 6.45) is 5.72. The van der Waals surface area contributed by atoms with E-state index in [1.54, 1.807) is 6.92 Å². The van der Waals surface area contributed by atoms with Crippen molar-refractivity contribution in [2.45, 2.75) is 64.9 Å². The van der Waals surface area contributed by atoms with Crippen molar-refractivity contribution < 1.29 is 14.3 Å². The summed E-state index contributed by atoms with van der Waals surface area (Å²) in [4.78, 5) is 25.2. The van der Waals surface area contributed by atoms with Crippen LogP contribution in [0.3, 0.4) is 0 Å². The van der Waals surface area contributed by atoms with Gasteiger partial charge in [-0.3, -0.25) is 4.79 Å². The first-order chi connectivity index (χ1) is 11.4. The second-order valence-corrected chi connectivity index (χ2v) is 7.13. The van der Waals surface area contributed by atoms with Gasteiger partial charge >= 0.3 is 5.97 Å². The topological polar surface area (TPSA) is 55.4 Å². The Morgan fingerprint density at radius 3 is 2.17 bits per heavy atom. The number of hydrogen-bond acceptors (Lipinski definition) is 3. The van der Waals surface area contributed by atoms with Gasteiger partial charge in [-0.1, -0.05) is 18.9 Å². The molecule has 0 saturated heterocycles. The molecule has 1 aliphatic carbocycles. The van der Waals surface area contributed by atoms with E-state index in [0.717, 1.165) is 55.3 Å². The van der Waals surface area contributed by atoms with Gasteiger partial charge < -0.3 is 10.1 Å². The zero-order valence-electron chi connectivity index (χ0n) is 14.7. The fraction of sp³-hybridized carbons (Fsp3) is 0.500. The van der Waals surface area contributed by atoms with Gasteiger partial charge in [0.25, 0.3) is 5.91 Å². The predicted octanol–water partition coefficient (Wildman–Crippen LogP) is 4.21. The lowest BCUT2D eigenvalue weighted by atomic mass is 9.84. The summed E-state index contributed by atoms with van der Waals surface area (Å²) >= 11 is 0. The molecule has 4 nitrogen and oxygen atoms in total. The third-order valence-corrected chi connectivity index (χ3v) is 5.04. The Morgan fingerprint density at radius 1 is 1.00 bits per heavy atom. The molecule has 0 unspecified atom stereocenters. The van der Waals surface area contributed by atoms with E-state index in [2.05, 4.69) is 11.4 Å². The Kier molecular flexibility index (Phi) is 4.48. The Balaban J connectivity index is 1.91. The predicted molar refractivity (Wildman–Crippen MR) is 93.8 cm³/mol. The van der Waals surface area contributed by atoms with Crippen molar-refractivity contribution in [3.05, 3.63) is 40.5 Å². The van der Waals surface area contributed by atoms with Crippen molar-refractivity contribution in [2.24, 2.45) is 0 Å². The Labute approximate surface area is 143 Å². The monoisotopic (exact) mass is 327 g/mol. The van der Waals surface area contributed by atoms with Crippen LogP contribution in [0.5, 0.6) is 0 Å². The minimum atomic E-state index is -0.722. The van der Waals surface area contributed by atoms with Gasteiger partial charge in [0, 0.05) is 11.3 Å². The molecule has 1 saturated carbocycles. The van der Waals surface area contributed by atoms with Gasteiger partial charge in [-0.05, 0) is 69.7 Å². The molecule has 0 radical (unpaired) electrons. The molecule has 2 aliphatic rings. The molecule has 1 amide bonds. The summed E-state index contributed by atoms with van der Waals surface area (Å²) in [6, 6.07) is 5.95. The summed E-state index contributed by atoms with van der Waals surface area (Å²) in [5.41, 5.74) is 3.23. The summed E-state index contributed by atoms with van der Waals surface area (Å²) in [6.45, 7) is 5.71. The average molecular weight is 327 g/mol. The zero-order chi connectivity index (χ0) is 17.3. The van der Waals surface area contributed by atoms with Crippen LogP contribution in [0.25, 0.3) is 0 Å². The molecule has 1 aromatic carbocycles. The van der Waals surface area contributed by atoms with E-state index in [0.29, 0.717) is 11.1 Å². The van der Waals surface area contributed by atoms with Gasteiger partial charge in [-0.2, -0.15) is 0 Å². The van der Waals surface area contributed by atoms with E-state index >= 15 is 0 Å². The fourth-order valence-corrected chi connectivity index (χ4v) is 4.02. The lowest BCUT2D eigenvalue weighted by Gasteiger charge is -2.29. The highest BCUT2D eigenvalue weighted by Crippen LogP contribution is 2.43. The molecule has 0 aromatic heterocycles. The summed E-state index contributed by atoms with van der Waals surface area (Å²) in [5.74, 6) is -0.548. The number of esters is 1. The second-order valence-electron chi connectivity index (χ2n) is 7.13. The maximum absolute atomic E-state index is 13.0. The summed E-state index contributed by atoms with van der Waals surface area (Å²) in [5, 5.41) is 2.98. The first kappa shape index (κ1) is 16.7. The summed E-state index contributed by atoms with van der Waals surface area (Å²) < 4.78 is 5.73. The Bertz CT molecular complexity index is 689. The second kappa shape index (κ2) is 6.42. The van der Waals surface area contributed by atoms with Gasteiger partial charge in [-0.25, -0.2) is 4.79 Å². The SMILES string of the molecule is CC1=C(C(=O)Nc2cc(C)cc(C)c2)C2(CCCCCC2)OC1=O. The number of ether oxygens (including phenoxy) is 1. The lowest BCUT2D eigenvalue weighted by Crippen LogP contribution is -2.36. The maximum atomic E-state index is 13.0. The standard InChI is InChI=1S/C20H25NO3/c1-13-10-14(2)12-16(11-13)21-18(22)17-15(3)19(23)24-20(17)8-6-4-5-7-9-20/h10-12H,4-9H2,1-3H3,(H,21,22). The number of hydrogen-bond donors (Lipinski definition) is 1. The van der Waals surface area contributed by atoms with E-state index in [4.69, 9.17) is 4.74 Å². The lowest BCUT2D eigenvalue weighted by molar-refractivity contribution is -0.148. The van der Waals surface area contributed by atoms with Crippen molar-refractivity contribution >= 4 is 17.6 Å². The van der Waals surface area contributed by atoms with E-state index in [9.17, 15) is 9.59 Å². The van der Waals surface area contributed by atoms with Crippen molar-refractivity contribution in [1.82, 2.24) is 0 Å². The normalized spacial score (nSPS) is 20.0. The van der Waals surface area contributed by atoms with E-state index in [1.165, 1.54) is 0 Å². The largest absolute Gasteiger partial charge is 0.451 e. The molecule has 1 aliphatic heterocycles. The first-order valence-electron chi connectivity index (χ1n) is 8.76. The molecular weight excluding hydrogens is 302 g/mol. The quantitative estimate of drug-likeness (QED) is 0.828. The Hall–Kier alpha value is -2.10. The number of aryl methyl sites for hydroxylation is 2. The zero-order valence-corrected chi connectivity index (χ0v) is 14.7. The molecule has 1 aromatic rings. The van der Waals surface area contributed by atoms with Gasteiger partial charge in [0.05, 0.1) is 5.57 Å². The van der Waals surface area contributed by atoms with Crippen LogP contribution in [0.15, 0.2) is 29.3 Å². The van der Waals surface area contributed by atoms with Crippen LogP contribution in [0.1, 0.15) is 56.6 Å². The summed E-state index contributed by atoms with van der Waals surface area (Å²) in [7, 11) is 0. The highest BCUT2D eigenvalue weighted by molar-refractivity contribution is 6.12. The molecule has 3 rings (SSSR count).